The number of amides is 1. The van der Waals surface area contributed by atoms with Crippen molar-refractivity contribution in [2.75, 3.05) is 28.3 Å². The quantitative estimate of drug-likeness (QED) is 0.784. The smallest absolute Gasteiger partial charge is 0.244 e. The van der Waals surface area contributed by atoms with Crippen molar-refractivity contribution in [1.82, 2.24) is 0 Å². The number of amidine groups is 1. The van der Waals surface area contributed by atoms with E-state index in [2.05, 4.69) is 5.32 Å². The molecule has 1 N–H and O–H groups in total. The third-order valence-electron chi connectivity index (χ3n) is 5.40. The van der Waals surface area contributed by atoms with Crippen molar-refractivity contribution in [3.63, 3.8) is 0 Å². The van der Waals surface area contributed by atoms with Crippen LogP contribution in [0.3, 0.4) is 0 Å². The zero-order valence-corrected chi connectivity index (χ0v) is 18.9. The number of aryl methyl sites for hydroxylation is 3. The third-order valence-corrected chi connectivity index (χ3v) is 8.64. The van der Waals surface area contributed by atoms with Crippen molar-refractivity contribution < 1.29 is 13.2 Å². The summed E-state index contributed by atoms with van der Waals surface area (Å²) in [6.45, 7) is 6.05. The Labute approximate surface area is 181 Å². The Bertz CT molecular complexity index is 1110. The number of carbonyl (C=O) groups is 1. The minimum Gasteiger partial charge on any atom is -0.324 e. The largest absolute Gasteiger partial charge is 0.324 e. The van der Waals surface area contributed by atoms with Crippen molar-refractivity contribution in [2.45, 2.75) is 32.1 Å². The second-order valence-electron chi connectivity index (χ2n) is 7.95. The summed E-state index contributed by atoms with van der Waals surface area (Å²) >= 11 is 1.46. The van der Waals surface area contributed by atoms with Gasteiger partial charge in [-0.05, 0) is 49.6 Å². The highest BCUT2D eigenvalue weighted by Gasteiger charge is 2.44. The van der Waals surface area contributed by atoms with Crippen LogP contribution in [0.4, 0.5) is 11.4 Å². The highest BCUT2D eigenvalue weighted by atomic mass is 32.2. The lowest BCUT2D eigenvalue weighted by atomic mass is 10.1. The molecule has 0 spiro atoms. The van der Waals surface area contributed by atoms with Crippen molar-refractivity contribution in [1.29, 1.82) is 0 Å². The van der Waals surface area contributed by atoms with E-state index in [9.17, 15) is 13.2 Å². The van der Waals surface area contributed by atoms with Gasteiger partial charge in [0.1, 0.15) is 6.54 Å². The molecular weight excluding hydrogens is 418 g/mol. The van der Waals surface area contributed by atoms with E-state index in [1.54, 1.807) is 0 Å². The summed E-state index contributed by atoms with van der Waals surface area (Å²) in [4.78, 5) is 19.6. The SMILES string of the molecule is Cc1cccc(N(CC(=O)Nc2c(C)cccc2C)C2=N[C@@H]3CS(=O)(=O)C[C@@H]3S2)c1. The molecule has 8 heteroatoms. The maximum Gasteiger partial charge on any atom is 0.244 e. The number of thioether (sulfide) groups is 1. The topological polar surface area (TPSA) is 78.8 Å². The fourth-order valence-corrected chi connectivity index (χ4v) is 7.65. The van der Waals surface area contributed by atoms with Crippen LogP contribution in [0.25, 0.3) is 0 Å². The highest BCUT2D eigenvalue weighted by Crippen LogP contribution is 2.37. The average molecular weight is 444 g/mol. The molecule has 0 unspecified atom stereocenters. The monoisotopic (exact) mass is 443 g/mol. The molecule has 1 fully saturated rings. The number of benzene rings is 2. The standard InChI is InChI=1S/C22H25N3O3S2/c1-14-6-4-9-17(10-14)25(22-23-18-12-30(27,28)13-19(18)29-22)11-20(26)24-21-15(2)7-5-8-16(21)3/h4-10,18-19H,11-13H2,1-3H3,(H,24,26)/t18-,19+/m1/s1. The molecule has 0 aliphatic carbocycles. The lowest BCUT2D eigenvalue weighted by Gasteiger charge is -2.25. The van der Waals surface area contributed by atoms with Crippen LogP contribution in [0, 0.1) is 20.8 Å². The first-order chi connectivity index (χ1) is 14.2. The Morgan fingerprint density at radius 1 is 1.13 bits per heavy atom. The molecule has 158 valence electrons. The van der Waals surface area contributed by atoms with E-state index < -0.39 is 9.84 Å². The number of fused-ring (bicyclic) bond motifs is 1. The van der Waals surface area contributed by atoms with Crippen LogP contribution in [0.1, 0.15) is 16.7 Å². The van der Waals surface area contributed by atoms with E-state index in [0.29, 0.717) is 5.17 Å². The van der Waals surface area contributed by atoms with Gasteiger partial charge in [0.2, 0.25) is 5.91 Å². The number of hydrogen-bond donors (Lipinski definition) is 1. The molecule has 1 amide bonds. The van der Waals surface area contributed by atoms with Gasteiger partial charge in [-0.3, -0.25) is 9.79 Å². The summed E-state index contributed by atoms with van der Waals surface area (Å²) in [5.41, 5.74) is 4.81. The summed E-state index contributed by atoms with van der Waals surface area (Å²) in [6, 6.07) is 13.6. The Morgan fingerprint density at radius 3 is 2.50 bits per heavy atom. The Hall–Kier alpha value is -2.32. The molecule has 0 aromatic heterocycles. The first kappa shape index (κ1) is 20.9. The molecule has 4 rings (SSSR count). The van der Waals surface area contributed by atoms with Gasteiger partial charge in [-0.2, -0.15) is 0 Å². The number of anilines is 2. The van der Waals surface area contributed by atoms with Crippen molar-refractivity contribution in [3.05, 3.63) is 59.2 Å². The summed E-state index contributed by atoms with van der Waals surface area (Å²) in [5.74, 6) is 0.0950. The average Bonchev–Trinajstić information content (AvgIpc) is 3.16. The van der Waals surface area contributed by atoms with Crippen molar-refractivity contribution in [2.24, 2.45) is 4.99 Å². The fourth-order valence-electron chi connectivity index (χ4n) is 3.87. The van der Waals surface area contributed by atoms with Gasteiger partial charge in [-0.15, -0.1) is 0 Å². The molecular formula is C22H25N3O3S2. The second kappa shape index (κ2) is 8.07. The number of aliphatic imine (C=N–C) groups is 1. The summed E-state index contributed by atoms with van der Waals surface area (Å²) in [5, 5.41) is 3.68. The second-order valence-corrected chi connectivity index (χ2v) is 11.3. The number of nitrogens with zero attached hydrogens (tertiary/aromatic N) is 2. The number of hydrogen-bond acceptors (Lipinski definition) is 6. The maximum atomic E-state index is 13.0. The molecule has 2 aliphatic heterocycles. The molecule has 30 heavy (non-hydrogen) atoms. The Morgan fingerprint density at radius 2 is 1.83 bits per heavy atom. The molecule has 0 bridgehead atoms. The van der Waals surface area contributed by atoms with Crippen molar-refractivity contribution >= 4 is 44.0 Å². The number of rotatable bonds is 4. The number of para-hydroxylation sites is 1. The minimum atomic E-state index is -3.02. The first-order valence-corrected chi connectivity index (χ1v) is 12.6. The van der Waals surface area contributed by atoms with Crippen LogP contribution in [-0.2, 0) is 14.6 Å². The number of carbonyl (C=O) groups excluding carboxylic acids is 1. The molecule has 2 heterocycles. The zero-order valence-electron chi connectivity index (χ0n) is 17.3. The first-order valence-electron chi connectivity index (χ1n) is 9.87. The van der Waals surface area contributed by atoms with Crippen molar-refractivity contribution in [3.8, 4) is 0 Å². The summed E-state index contributed by atoms with van der Waals surface area (Å²) < 4.78 is 23.8. The molecule has 1 saturated heterocycles. The lowest BCUT2D eigenvalue weighted by Crippen LogP contribution is -2.37. The third kappa shape index (κ3) is 4.39. The van der Waals surface area contributed by atoms with E-state index >= 15 is 0 Å². The lowest BCUT2D eigenvalue weighted by molar-refractivity contribution is -0.114. The minimum absolute atomic E-state index is 0.0704. The van der Waals surface area contributed by atoms with E-state index in [0.717, 1.165) is 28.1 Å². The van der Waals surface area contributed by atoms with E-state index in [1.165, 1.54) is 11.8 Å². The highest BCUT2D eigenvalue weighted by molar-refractivity contribution is 8.15. The molecule has 0 saturated carbocycles. The van der Waals surface area contributed by atoms with Gasteiger partial charge in [0.05, 0.1) is 17.5 Å². The van der Waals surface area contributed by atoms with E-state index in [-0.39, 0.29) is 35.2 Å². The molecule has 2 aromatic carbocycles. The Balaban J connectivity index is 1.60. The molecule has 2 atom stereocenters. The Kier molecular flexibility index (Phi) is 5.63. The van der Waals surface area contributed by atoms with Crippen LogP contribution >= 0.6 is 11.8 Å². The van der Waals surface area contributed by atoms with Gasteiger partial charge in [0.15, 0.2) is 15.0 Å². The normalized spacial score (nSPS) is 21.8. The molecule has 0 radical (unpaired) electrons. The predicted molar refractivity (Wildman–Crippen MR) is 124 cm³/mol. The molecule has 6 nitrogen and oxygen atoms in total. The van der Waals surface area contributed by atoms with Gasteiger partial charge < -0.3 is 10.2 Å². The van der Waals surface area contributed by atoms with Gasteiger partial charge in [-0.1, -0.05) is 42.1 Å². The van der Waals surface area contributed by atoms with Crippen LogP contribution < -0.4 is 10.2 Å². The van der Waals surface area contributed by atoms with Crippen LogP contribution in [-0.4, -0.2) is 48.8 Å². The molecule has 2 aliphatic rings. The van der Waals surface area contributed by atoms with Gasteiger partial charge in [-0.25, -0.2) is 8.42 Å². The summed E-state index contributed by atoms with van der Waals surface area (Å²) in [6.07, 6.45) is 0. The number of sulfone groups is 1. The predicted octanol–water partition coefficient (Wildman–Crippen LogP) is 3.33. The fraction of sp³-hybridized carbons (Fsp3) is 0.364. The van der Waals surface area contributed by atoms with Gasteiger partial charge in [0, 0.05) is 16.6 Å². The zero-order chi connectivity index (χ0) is 21.5. The molecule has 2 aromatic rings. The maximum absolute atomic E-state index is 13.0. The van der Waals surface area contributed by atoms with Crippen LogP contribution in [0.15, 0.2) is 47.5 Å². The van der Waals surface area contributed by atoms with Gasteiger partial charge >= 0.3 is 0 Å². The van der Waals surface area contributed by atoms with Crippen LogP contribution in [0.2, 0.25) is 0 Å². The summed E-state index contributed by atoms with van der Waals surface area (Å²) in [7, 11) is -3.02. The van der Waals surface area contributed by atoms with Gasteiger partial charge in [0.25, 0.3) is 0 Å². The van der Waals surface area contributed by atoms with E-state index in [1.807, 2.05) is 68.1 Å². The van der Waals surface area contributed by atoms with E-state index in [4.69, 9.17) is 4.99 Å². The van der Waals surface area contributed by atoms with Crippen LogP contribution in [0.5, 0.6) is 0 Å². The number of nitrogens with one attached hydrogen (secondary N) is 1.